The number of hydrogen-bond donors (Lipinski definition) is 1. The van der Waals surface area contributed by atoms with Crippen LogP contribution in [0.15, 0.2) is 42.6 Å². The number of pyridine rings is 1. The molecule has 1 aromatic carbocycles. The summed E-state index contributed by atoms with van der Waals surface area (Å²) < 4.78 is 0. The Morgan fingerprint density at radius 3 is 2.43 bits per heavy atom. The van der Waals surface area contributed by atoms with E-state index in [-0.39, 0.29) is 16.6 Å². The third-order valence-corrected chi connectivity index (χ3v) is 3.12. The molecule has 0 aliphatic rings. The first kappa shape index (κ1) is 15.0. The Hall–Kier alpha value is -2.40. The normalized spacial score (nSPS) is 10.0. The van der Waals surface area contributed by atoms with Crippen LogP contribution in [0.25, 0.3) is 0 Å². The standard InChI is InChI=1S/C15H14ClN3O2/c1-19(2)15(21)10-6-3-4-8-12(10)18-14(20)11-7-5-9-17-13(11)16/h3-9H,1-2H3,(H,18,20). The maximum atomic E-state index is 12.2. The van der Waals surface area contributed by atoms with Gasteiger partial charge in [-0.05, 0) is 24.3 Å². The van der Waals surface area contributed by atoms with Gasteiger partial charge in [-0.15, -0.1) is 0 Å². The molecule has 0 aliphatic carbocycles. The second-order valence-electron chi connectivity index (χ2n) is 4.54. The summed E-state index contributed by atoms with van der Waals surface area (Å²) in [6.07, 6.45) is 1.50. The number of para-hydroxylation sites is 1. The lowest BCUT2D eigenvalue weighted by atomic mass is 10.1. The van der Waals surface area contributed by atoms with Crippen LogP contribution in [0, 0.1) is 0 Å². The van der Waals surface area contributed by atoms with Gasteiger partial charge >= 0.3 is 0 Å². The Balaban J connectivity index is 2.30. The van der Waals surface area contributed by atoms with Crippen LogP contribution >= 0.6 is 11.6 Å². The number of rotatable bonds is 3. The summed E-state index contributed by atoms with van der Waals surface area (Å²) in [6.45, 7) is 0. The molecule has 1 aromatic heterocycles. The summed E-state index contributed by atoms with van der Waals surface area (Å²) in [6, 6.07) is 10.00. The van der Waals surface area contributed by atoms with Crippen LogP contribution in [-0.4, -0.2) is 35.8 Å². The van der Waals surface area contributed by atoms with Crippen molar-refractivity contribution in [1.29, 1.82) is 0 Å². The molecule has 0 atom stereocenters. The second-order valence-corrected chi connectivity index (χ2v) is 4.90. The van der Waals surface area contributed by atoms with Gasteiger partial charge in [0.25, 0.3) is 11.8 Å². The minimum Gasteiger partial charge on any atom is -0.345 e. The van der Waals surface area contributed by atoms with Crippen molar-refractivity contribution in [2.45, 2.75) is 0 Å². The van der Waals surface area contributed by atoms with E-state index in [4.69, 9.17) is 11.6 Å². The molecular formula is C15H14ClN3O2. The fraction of sp³-hybridized carbons (Fsp3) is 0.133. The first-order chi connectivity index (χ1) is 10.0. The molecular weight excluding hydrogens is 290 g/mol. The number of aromatic nitrogens is 1. The molecule has 2 aromatic rings. The fourth-order valence-electron chi connectivity index (χ4n) is 1.76. The summed E-state index contributed by atoms with van der Waals surface area (Å²) in [5.74, 6) is -0.602. The predicted octanol–water partition coefficient (Wildman–Crippen LogP) is 2.69. The monoisotopic (exact) mass is 303 g/mol. The number of nitrogens with zero attached hydrogens (tertiary/aromatic N) is 2. The summed E-state index contributed by atoms with van der Waals surface area (Å²) in [4.78, 5) is 29.6. The molecule has 5 nitrogen and oxygen atoms in total. The minimum absolute atomic E-state index is 0.117. The number of carbonyl (C=O) groups excluding carboxylic acids is 2. The Morgan fingerprint density at radius 1 is 1.10 bits per heavy atom. The van der Waals surface area contributed by atoms with E-state index in [0.717, 1.165) is 0 Å². The number of benzene rings is 1. The van der Waals surface area contributed by atoms with Gasteiger partial charge in [-0.25, -0.2) is 4.98 Å². The summed E-state index contributed by atoms with van der Waals surface area (Å²) >= 11 is 5.89. The van der Waals surface area contributed by atoms with E-state index in [2.05, 4.69) is 10.3 Å². The maximum absolute atomic E-state index is 12.2. The van der Waals surface area contributed by atoms with Gasteiger partial charge < -0.3 is 10.2 Å². The SMILES string of the molecule is CN(C)C(=O)c1ccccc1NC(=O)c1cccnc1Cl. The molecule has 1 N–H and O–H groups in total. The highest BCUT2D eigenvalue weighted by Crippen LogP contribution is 2.19. The van der Waals surface area contributed by atoms with E-state index in [0.29, 0.717) is 11.3 Å². The van der Waals surface area contributed by atoms with Gasteiger partial charge in [0.15, 0.2) is 0 Å². The second kappa shape index (κ2) is 6.37. The summed E-state index contributed by atoms with van der Waals surface area (Å²) in [5.41, 5.74) is 1.10. The molecule has 0 fully saturated rings. The molecule has 2 rings (SSSR count). The molecule has 21 heavy (non-hydrogen) atoms. The van der Waals surface area contributed by atoms with Crippen LogP contribution in [0.4, 0.5) is 5.69 Å². The molecule has 6 heteroatoms. The topological polar surface area (TPSA) is 62.3 Å². The highest BCUT2D eigenvalue weighted by atomic mass is 35.5. The largest absolute Gasteiger partial charge is 0.345 e. The number of carbonyl (C=O) groups is 2. The van der Waals surface area contributed by atoms with Crippen LogP contribution in [0.2, 0.25) is 5.15 Å². The van der Waals surface area contributed by atoms with Gasteiger partial charge in [-0.3, -0.25) is 9.59 Å². The quantitative estimate of drug-likeness (QED) is 0.887. The van der Waals surface area contributed by atoms with Crippen molar-refractivity contribution in [2.24, 2.45) is 0 Å². The number of nitrogens with one attached hydrogen (secondary N) is 1. The van der Waals surface area contributed by atoms with E-state index < -0.39 is 5.91 Å². The molecule has 0 spiro atoms. The van der Waals surface area contributed by atoms with Crippen LogP contribution < -0.4 is 5.32 Å². The molecule has 2 amide bonds. The minimum atomic E-state index is -0.410. The van der Waals surface area contributed by atoms with Gasteiger partial charge in [-0.2, -0.15) is 0 Å². The fourth-order valence-corrected chi connectivity index (χ4v) is 1.97. The zero-order chi connectivity index (χ0) is 15.4. The van der Waals surface area contributed by atoms with Crippen molar-refractivity contribution in [3.8, 4) is 0 Å². The van der Waals surface area contributed by atoms with E-state index in [9.17, 15) is 9.59 Å². The molecule has 0 aliphatic heterocycles. The smallest absolute Gasteiger partial charge is 0.258 e. The summed E-state index contributed by atoms with van der Waals surface area (Å²) in [7, 11) is 3.30. The molecule has 0 radical (unpaired) electrons. The zero-order valence-corrected chi connectivity index (χ0v) is 12.4. The average Bonchev–Trinajstić information content (AvgIpc) is 2.47. The molecule has 0 saturated carbocycles. The number of anilines is 1. The van der Waals surface area contributed by atoms with Gasteiger partial charge in [0.1, 0.15) is 5.15 Å². The van der Waals surface area contributed by atoms with Crippen molar-refractivity contribution >= 4 is 29.1 Å². The first-order valence-electron chi connectivity index (χ1n) is 6.23. The lowest BCUT2D eigenvalue weighted by Crippen LogP contribution is -2.24. The van der Waals surface area contributed by atoms with Crippen LogP contribution in [0.5, 0.6) is 0 Å². The highest BCUT2D eigenvalue weighted by Gasteiger charge is 2.16. The lowest BCUT2D eigenvalue weighted by molar-refractivity contribution is 0.0828. The average molecular weight is 304 g/mol. The Bertz CT molecular complexity index is 686. The van der Waals surface area contributed by atoms with Crippen molar-refractivity contribution < 1.29 is 9.59 Å². The van der Waals surface area contributed by atoms with Crippen molar-refractivity contribution in [3.63, 3.8) is 0 Å². The van der Waals surface area contributed by atoms with Gasteiger partial charge in [0.2, 0.25) is 0 Å². The Morgan fingerprint density at radius 2 is 1.76 bits per heavy atom. The van der Waals surface area contributed by atoms with Crippen molar-refractivity contribution in [3.05, 3.63) is 58.9 Å². The third-order valence-electron chi connectivity index (χ3n) is 2.82. The molecule has 108 valence electrons. The van der Waals surface area contributed by atoms with Crippen LogP contribution in [0.1, 0.15) is 20.7 Å². The summed E-state index contributed by atoms with van der Waals surface area (Å²) in [5, 5.41) is 2.81. The van der Waals surface area contributed by atoms with Crippen molar-refractivity contribution in [1.82, 2.24) is 9.88 Å². The molecule has 0 bridgehead atoms. The Kier molecular flexibility index (Phi) is 4.55. The van der Waals surface area contributed by atoms with Crippen molar-refractivity contribution in [2.75, 3.05) is 19.4 Å². The number of amides is 2. The molecule has 0 unspecified atom stereocenters. The number of hydrogen-bond acceptors (Lipinski definition) is 3. The zero-order valence-electron chi connectivity index (χ0n) is 11.6. The molecule has 1 heterocycles. The van der Waals surface area contributed by atoms with Gasteiger partial charge in [0, 0.05) is 20.3 Å². The van der Waals surface area contributed by atoms with E-state index >= 15 is 0 Å². The predicted molar refractivity (Wildman–Crippen MR) is 81.7 cm³/mol. The third kappa shape index (κ3) is 3.38. The van der Waals surface area contributed by atoms with E-state index in [1.54, 1.807) is 50.5 Å². The maximum Gasteiger partial charge on any atom is 0.258 e. The van der Waals surface area contributed by atoms with E-state index in [1.807, 2.05) is 0 Å². The highest BCUT2D eigenvalue weighted by molar-refractivity contribution is 6.33. The van der Waals surface area contributed by atoms with Gasteiger partial charge in [0.05, 0.1) is 16.8 Å². The number of halogens is 1. The molecule has 0 saturated heterocycles. The van der Waals surface area contributed by atoms with E-state index in [1.165, 1.54) is 11.1 Å². The Labute approximate surface area is 127 Å². The first-order valence-corrected chi connectivity index (χ1v) is 6.61. The lowest BCUT2D eigenvalue weighted by Gasteiger charge is -2.14. The van der Waals surface area contributed by atoms with Crippen LogP contribution in [0.3, 0.4) is 0 Å². The van der Waals surface area contributed by atoms with Gasteiger partial charge in [-0.1, -0.05) is 23.7 Å². The van der Waals surface area contributed by atoms with Crippen LogP contribution in [-0.2, 0) is 0 Å².